The molecule has 0 rings (SSSR count). The molecule has 3 N–H and O–H groups in total. The van der Waals surface area contributed by atoms with Gasteiger partial charge in [0.15, 0.2) is 0 Å². The molecule has 1 atom stereocenters. The highest BCUT2D eigenvalue weighted by Crippen LogP contribution is 2.38. The quantitative estimate of drug-likeness (QED) is 0.432. The summed E-state index contributed by atoms with van der Waals surface area (Å²) in [4.78, 5) is 31.9. The van der Waals surface area contributed by atoms with E-state index in [1.165, 1.54) is 6.92 Å². The molecular weight excluding hydrogens is 185 g/mol. The first-order chi connectivity index (χ1) is 5.38. The molecule has 0 radical (unpaired) electrons. The Kier molecular flexibility index (Phi) is 4.41. The van der Waals surface area contributed by atoms with Crippen LogP contribution in [0, 0.1) is 0 Å². The summed E-state index contributed by atoms with van der Waals surface area (Å²) in [7, 11) is -4.21. The number of hydrogen-bond acceptors (Lipinski definition) is 4. The highest BCUT2D eigenvalue weighted by molar-refractivity contribution is 7.52. The zero-order valence-corrected chi connectivity index (χ0v) is 7.75. The van der Waals surface area contributed by atoms with Gasteiger partial charge in [0.05, 0.1) is 0 Å². The lowest BCUT2D eigenvalue weighted by Gasteiger charge is -2.13. The van der Waals surface area contributed by atoms with Crippen molar-refractivity contribution < 1.29 is 24.0 Å². The molecule has 0 saturated heterocycles. The van der Waals surface area contributed by atoms with E-state index in [4.69, 9.17) is 9.79 Å². The molecule has 1 unspecified atom stereocenters. The first-order valence-corrected chi connectivity index (χ1v) is 5.06. The average Bonchev–Trinajstić information content (AvgIpc) is 1.97. The highest BCUT2D eigenvalue weighted by atomic mass is 31.2. The first-order valence-electron chi connectivity index (χ1n) is 3.38. The van der Waals surface area contributed by atoms with E-state index in [2.05, 4.69) is 4.84 Å². The number of nitrogens with one attached hydrogen (secondary N) is 1. The molecule has 0 spiro atoms. The van der Waals surface area contributed by atoms with Crippen molar-refractivity contribution in [2.24, 2.45) is 0 Å². The molecule has 0 saturated carbocycles. The summed E-state index contributed by atoms with van der Waals surface area (Å²) < 4.78 is 10.5. The Morgan fingerprint density at radius 3 is 2.50 bits per heavy atom. The van der Waals surface area contributed by atoms with Gasteiger partial charge >= 0.3 is 13.6 Å². The molecule has 7 heteroatoms. The van der Waals surface area contributed by atoms with Gasteiger partial charge in [-0.05, 0) is 6.92 Å². The number of carbonyl (C=O) groups excluding carboxylic acids is 1. The number of carbonyl (C=O) groups is 1. The topological polar surface area (TPSA) is 95.9 Å². The summed E-state index contributed by atoms with van der Waals surface area (Å²) in [6.07, 6.45) is 0.154. The SMILES string of the molecule is CCC(=O)ONC(C)P(=O)(O)O. The second kappa shape index (κ2) is 4.57. The number of hydroxylamine groups is 1. The van der Waals surface area contributed by atoms with Crippen LogP contribution >= 0.6 is 7.60 Å². The van der Waals surface area contributed by atoms with E-state index in [9.17, 15) is 9.36 Å². The van der Waals surface area contributed by atoms with Gasteiger partial charge in [0, 0.05) is 6.42 Å². The predicted octanol–water partition coefficient (Wildman–Crippen LogP) is -0.0321. The molecule has 0 fully saturated rings. The molecule has 6 nitrogen and oxygen atoms in total. The minimum absolute atomic E-state index is 0.154. The Morgan fingerprint density at radius 1 is 1.67 bits per heavy atom. The van der Waals surface area contributed by atoms with Gasteiger partial charge in [-0.25, -0.2) is 0 Å². The van der Waals surface area contributed by atoms with E-state index in [-0.39, 0.29) is 6.42 Å². The van der Waals surface area contributed by atoms with Crippen molar-refractivity contribution in [1.82, 2.24) is 5.48 Å². The van der Waals surface area contributed by atoms with Gasteiger partial charge in [0.25, 0.3) is 0 Å². The summed E-state index contributed by atoms with van der Waals surface area (Å²) in [6.45, 7) is 2.80. The summed E-state index contributed by atoms with van der Waals surface area (Å²) in [5, 5.41) is 0. The van der Waals surface area contributed by atoms with Gasteiger partial charge in [0.1, 0.15) is 5.78 Å². The van der Waals surface area contributed by atoms with Gasteiger partial charge < -0.3 is 14.6 Å². The first kappa shape index (κ1) is 11.6. The zero-order valence-electron chi connectivity index (χ0n) is 6.85. The van der Waals surface area contributed by atoms with E-state index < -0.39 is 19.3 Å². The van der Waals surface area contributed by atoms with Crippen LogP contribution in [-0.4, -0.2) is 21.5 Å². The van der Waals surface area contributed by atoms with Gasteiger partial charge in [-0.3, -0.25) is 9.36 Å². The molecule has 12 heavy (non-hydrogen) atoms. The normalized spacial score (nSPS) is 14.0. The Morgan fingerprint density at radius 2 is 2.17 bits per heavy atom. The van der Waals surface area contributed by atoms with E-state index in [0.29, 0.717) is 0 Å². The molecule has 0 aromatic heterocycles. The van der Waals surface area contributed by atoms with Crippen LogP contribution in [-0.2, 0) is 14.2 Å². The van der Waals surface area contributed by atoms with Crippen LogP contribution in [0.2, 0.25) is 0 Å². The molecule has 0 bridgehead atoms. The smallest absolute Gasteiger partial charge is 0.345 e. The minimum atomic E-state index is -4.21. The molecular formula is C5H12NO5P. The third-order valence-electron chi connectivity index (χ3n) is 1.14. The molecule has 0 aromatic carbocycles. The zero-order chi connectivity index (χ0) is 9.78. The molecule has 0 heterocycles. The second-order valence-electron chi connectivity index (χ2n) is 2.21. The Bertz CT molecular complexity index is 200. The minimum Gasteiger partial charge on any atom is -0.370 e. The van der Waals surface area contributed by atoms with Crippen LogP contribution in [0.1, 0.15) is 20.3 Å². The second-order valence-corrected chi connectivity index (χ2v) is 4.16. The van der Waals surface area contributed by atoms with Crippen molar-refractivity contribution in [3.8, 4) is 0 Å². The lowest BCUT2D eigenvalue weighted by molar-refractivity contribution is -0.151. The van der Waals surface area contributed by atoms with Gasteiger partial charge in [-0.15, -0.1) is 5.48 Å². The number of hydrogen-bond donors (Lipinski definition) is 3. The summed E-state index contributed by atoms with van der Waals surface area (Å²) >= 11 is 0. The van der Waals surface area contributed by atoms with Crippen molar-refractivity contribution in [3.63, 3.8) is 0 Å². The van der Waals surface area contributed by atoms with Crippen molar-refractivity contribution in [2.45, 2.75) is 26.1 Å². The van der Waals surface area contributed by atoms with Crippen LogP contribution in [0.15, 0.2) is 0 Å². The van der Waals surface area contributed by atoms with Crippen molar-refractivity contribution in [1.29, 1.82) is 0 Å². The third-order valence-corrected chi connectivity index (χ3v) is 2.25. The Hall–Kier alpha value is -0.420. The van der Waals surface area contributed by atoms with Gasteiger partial charge in [-0.2, -0.15) is 0 Å². The van der Waals surface area contributed by atoms with Gasteiger partial charge in [-0.1, -0.05) is 6.92 Å². The highest BCUT2D eigenvalue weighted by Gasteiger charge is 2.24. The monoisotopic (exact) mass is 197 g/mol. The van der Waals surface area contributed by atoms with Crippen molar-refractivity contribution in [2.75, 3.05) is 0 Å². The molecule has 0 amide bonds. The molecule has 0 aliphatic carbocycles. The van der Waals surface area contributed by atoms with E-state index in [0.717, 1.165) is 0 Å². The van der Waals surface area contributed by atoms with Gasteiger partial charge in [0.2, 0.25) is 0 Å². The molecule has 0 aliphatic heterocycles. The summed E-state index contributed by atoms with van der Waals surface area (Å²) in [5.74, 6) is -1.73. The van der Waals surface area contributed by atoms with Crippen LogP contribution in [0.5, 0.6) is 0 Å². The van der Waals surface area contributed by atoms with Crippen LogP contribution in [0.4, 0.5) is 0 Å². The van der Waals surface area contributed by atoms with E-state index in [1.807, 2.05) is 5.48 Å². The van der Waals surface area contributed by atoms with Crippen molar-refractivity contribution >= 4 is 13.6 Å². The fourth-order valence-corrected chi connectivity index (χ4v) is 0.482. The molecule has 0 aromatic rings. The van der Waals surface area contributed by atoms with E-state index in [1.54, 1.807) is 6.92 Å². The van der Waals surface area contributed by atoms with Crippen LogP contribution < -0.4 is 5.48 Å². The van der Waals surface area contributed by atoms with E-state index >= 15 is 0 Å². The summed E-state index contributed by atoms with van der Waals surface area (Å²) in [6, 6.07) is 0. The lowest BCUT2D eigenvalue weighted by Crippen LogP contribution is -2.28. The predicted molar refractivity (Wildman–Crippen MR) is 41.0 cm³/mol. The fraction of sp³-hybridized carbons (Fsp3) is 0.800. The maximum Gasteiger partial charge on any atom is 0.345 e. The van der Waals surface area contributed by atoms with Crippen molar-refractivity contribution in [3.05, 3.63) is 0 Å². The maximum absolute atomic E-state index is 10.5. The lowest BCUT2D eigenvalue weighted by atomic mass is 10.5. The van der Waals surface area contributed by atoms with Crippen LogP contribution in [0.3, 0.4) is 0 Å². The van der Waals surface area contributed by atoms with Crippen LogP contribution in [0.25, 0.3) is 0 Å². The largest absolute Gasteiger partial charge is 0.370 e. The Balaban J connectivity index is 3.80. The average molecular weight is 197 g/mol. The Labute approximate surface area is 70.0 Å². The molecule has 0 aliphatic rings. The number of rotatable bonds is 4. The maximum atomic E-state index is 10.5. The fourth-order valence-electron chi connectivity index (χ4n) is 0.292. The third kappa shape index (κ3) is 4.46. The molecule has 72 valence electrons. The summed E-state index contributed by atoms with van der Waals surface area (Å²) in [5.41, 5.74) is 1.96. The standard InChI is InChI=1S/C5H12NO5P/c1-3-5(7)11-6-4(2)12(8,9)10/h4,6H,3H2,1-2H3,(H2,8,9,10).